The van der Waals surface area contributed by atoms with Gasteiger partial charge in [-0.3, -0.25) is 4.79 Å². The van der Waals surface area contributed by atoms with Gasteiger partial charge in [0.25, 0.3) is 5.91 Å². The van der Waals surface area contributed by atoms with Crippen molar-refractivity contribution in [1.29, 1.82) is 0 Å². The summed E-state index contributed by atoms with van der Waals surface area (Å²) in [5.41, 5.74) is 0.722. The Morgan fingerprint density at radius 3 is 2.53 bits per heavy atom. The molecule has 6 heteroatoms. The van der Waals surface area contributed by atoms with Gasteiger partial charge >= 0.3 is 5.97 Å². The molecule has 0 spiro atoms. The Hall–Kier alpha value is -2.63. The average molecular weight is 260 g/mol. The number of nitrogens with one attached hydrogen (secondary N) is 1. The molecule has 19 heavy (non-hydrogen) atoms. The molecule has 0 radical (unpaired) electrons. The van der Waals surface area contributed by atoms with Gasteiger partial charge in [-0.1, -0.05) is 35.5 Å². The largest absolute Gasteiger partial charge is 0.479 e. The number of rotatable bonds is 4. The number of aryl methyl sites for hydroxylation is 1. The Balaban J connectivity index is 2.21. The summed E-state index contributed by atoms with van der Waals surface area (Å²) < 4.78 is 4.78. The molecule has 1 heterocycles. The van der Waals surface area contributed by atoms with Crippen molar-refractivity contribution in [2.24, 2.45) is 0 Å². The molecule has 0 saturated carbocycles. The Labute approximate surface area is 109 Å². The standard InChI is InChI=1S/C13H12N2O4/c1-8-10(7-14-19-8)12(16)15-11(13(17)18)9-5-3-2-4-6-9/h2-7,11H,1H3,(H,15,16)(H,17,18)/t11-/m0/s1. The second-order valence-electron chi connectivity index (χ2n) is 3.95. The van der Waals surface area contributed by atoms with Crippen LogP contribution in [0.1, 0.15) is 27.7 Å². The van der Waals surface area contributed by atoms with Crippen LogP contribution in [0.5, 0.6) is 0 Å². The van der Waals surface area contributed by atoms with Gasteiger partial charge in [-0.25, -0.2) is 4.79 Å². The van der Waals surface area contributed by atoms with E-state index in [2.05, 4.69) is 10.5 Å². The van der Waals surface area contributed by atoms with Crippen LogP contribution in [0.3, 0.4) is 0 Å². The summed E-state index contributed by atoms with van der Waals surface area (Å²) in [5, 5.41) is 15.1. The number of carbonyl (C=O) groups is 2. The van der Waals surface area contributed by atoms with E-state index < -0.39 is 17.9 Å². The van der Waals surface area contributed by atoms with E-state index >= 15 is 0 Å². The van der Waals surface area contributed by atoms with Gasteiger partial charge in [0.2, 0.25) is 0 Å². The van der Waals surface area contributed by atoms with Crippen molar-refractivity contribution in [2.75, 3.05) is 0 Å². The van der Waals surface area contributed by atoms with E-state index in [9.17, 15) is 14.7 Å². The first kappa shape index (κ1) is 12.8. The number of aliphatic carboxylic acids is 1. The molecule has 2 rings (SSSR count). The topological polar surface area (TPSA) is 92.4 Å². The SMILES string of the molecule is Cc1oncc1C(=O)N[C@H](C(=O)O)c1ccccc1. The van der Waals surface area contributed by atoms with Crippen molar-refractivity contribution in [2.45, 2.75) is 13.0 Å². The summed E-state index contributed by atoms with van der Waals surface area (Å²) in [6, 6.07) is 7.36. The maximum absolute atomic E-state index is 11.9. The number of carbonyl (C=O) groups excluding carboxylic acids is 1. The number of nitrogens with zero attached hydrogens (tertiary/aromatic N) is 1. The Morgan fingerprint density at radius 1 is 1.32 bits per heavy atom. The molecule has 0 fully saturated rings. The van der Waals surface area contributed by atoms with Gasteiger partial charge in [0.15, 0.2) is 6.04 Å². The van der Waals surface area contributed by atoms with Gasteiger partial charge < -0.3 is 14.9 Å². The minimum absolute atomic E-state index is 0.224. The highest BCUT2D eigenvalue weighted by Gasteiger charge is 2.24. The summed E-state index contributed by atoms with van der Waals surface area (Å²) in [6.45, 7) is 1.58. The Kier molecular flexibility index (Phi) is 3.61. The van der Waals surface area contributed by atoms with Crippen molar-refractivity contribution in [3.05, 3.63) is 53.4 Å². The van der Waals surface area contributed by atoms with E-state index in [1.54, 1.807) is 37.3 Å². The lowest BCUT2D eigenvalue weighted by molar-refractivity contribution is -0.139. The number of aromatic nitrogens is 1. The Bertz CT molecular complexity index is 592. The van der Waals surface area contributed by atoms with E-state index in [1.807, 2.05) is 0 Å². The molecule has 0 aliphatic rings. The van der Waals surface area contributed by atoms with Crippen LogP contribution in [0.25, 0.3) is 0 Å². The molecule has 1 aromatic heterocycles. The molecule has 2 aromatic rings. The fourth-order valence-corrected chi connectivity index (χ4v) is 1.66. The first-order valence-electron chi connectivity index (χ1n) is 5.59. The van der Waals surface area contributed by atoms with Crippen molar-refractivity contribution in [1.82, 2.24) is 10.5 Å². The van der Waals surface area contributed by atoms with Crippen LogP contribution >= 0.6 is 0 Å². The van der Waals surface area contributed by atoms with Crippen LogP contribution in [0, 0.1) is 6.92 Å². The predicted octanol–water partition coefficient (Wildman–Crippen LogP) is 1.54. The van der Waals surface area contributed by atoms with Crippen LogP contribution in [0.15, 0.2) is 41.1 Å². The normalized spacial score (nSPS) is 11.8. The molecule has 6 nitrogen and oxygen atoms in total. The van der Waals surface area contributed by atoms with E-state index in [4.69, 9.17) is 4.52 Å². The third-order valence-electron chi connectivity index (χ3n) is 2.65. The molecule has 0 saturated heterocycles. The summed E-state index contributed by atoms with van der Waals surface area (Å²) in [7, 11) is 0. The minimum Gasteiger partial charge on any atom is -0.479 e. The summed E-state index contributed by atoms with van der Waals surface area (Å²) >= 11 is 0. The van der Waals surface area contributed by atoms with E-state index in [0.717, 1.165) is 0 Å². The number of amides is 1. The molecule has 0 bridgehead atoms. The highest BCUT2D eigenvalue weighted by molar-refractivity contribution is 5.97. The van der Waals surface area contributed by atoms with Gasteiger partial charge in [-0.2, -0.15) is 0 Å². The first-order chi connectivity index (χ1) is 9.09. The van der Waals surface area contributed by atoms with Crippen LogP contribution in [0.4, 0.5) is 0 Å². The lowest BCUT2D eigenvalue weighted by Crippen LogP contribution is -2.33. The van der Waals surface area contributed by atoms with E-state index in [1.165, 1.54) is 6.20 Å². The zero-order valence-corrected chi connectivity index (χ0v) is 10.2. The minimum atomic E-state index is -1.13. The molecular formula is C13H12N2O4. The maximum atomic E-state index is 11.9. The van der Waals surface area contributed by atoms with Crippen LogP contribution in [-0.4, -0.2) is 22.1 Å². The lowest BCUT2D eigenvalue weighted by atomic mass is 10.1. The number of benzene rings is 1. The molecule has 0 aliphatic heterocycles. The van der Waals surface area contributed by atoms with Gasteiger partial charge in [-0.15, -0.1) is 0 Å². The molecule has 1 aromatic carbocycles. The summed E-state index contributed by atoms with van der Waals surface area (Å²) in [4.78, 5) is 23.2. The second-order valence-corrected chi connectivity index (χ2v) is 3.95. The number of hydrogen-bond donors (Lipinski definition) is 2. The van der Waals surface area contributed by atoms with Crippen molar-refractivity contribution in [3.8, 4) is 0 Å². The highest BCUT2D eigenvalue weighted by Crippen LogP contribution is 2.14. The van der Waals surface area contributed by atoms with Crippen molar-refractivity contribution >= 4 is 11.9 Å². The van der Waals surface area contributed by atoms with E-state index in [-0.39, 0.29) is 5.56 Å². The zero-order valence-electron chi connectivity index (χ0n) is 10.2. The van der Waals surface area contributed by atoms with Crippen molar-refractivity contribution in [3.63, 3.8) is 0 Å². The third kappa shape index (κ3) is 2.79. The maximum Gasteiger partial charge on any atom is 0.330 e. The highest BCUT2D eigenvalue weighted by atomic mass is 16.5. The number of hydrogen-bond acceptors (Lipinski definition) is 4. The van der Waals surface area contributed by atoms with Gasteiger partial charge in [0.1, 0.15) is 11.3 Å². The molecule has 0 aliphatic carbocycles. The lowest BCUT2D eigenvalue weighted by Gasteiger charge is -2.14. The average Bonchev–Trinajstić information content (AvgIpc) is 2.82. The van der Waals surface area contributed by atoms with Crippen LogP contribution in [-0.2, 0) is 4.79 Å². The molecule has 98 valence electrons. The third-order valence-corrected chi connectivity index (χ3v) is 2.65. The van der Waals surface area contributed by atoms with Gasteiger partial charge in [0.05, 0.1) is 6.20 Å². The fraction of sp³-hybridized carbons (Fsp3) is 0.154. The molecule has 2 N–H and O–H groups in total. The molecule has 1 atom stereocenters. The zero-order chi connectivity index (χ0) is 13.8. The van der Waals surface area contributed by atoms with Gasteiger partial charge in [0, 0.05) is 0 Å². The number of carboxylic acid groups (broad SMARTS) is 1. The smallest absolute Gasteiger partial charge is 0.330 e. The van der Waals surface area contributed by atoms with E-state index in [0.29, 0.717) is 11.3 Å². The molecule has 0 unspecified atom stereocenters. The predicted molar refractivity (Wildman–Crippen MR) is 65.5 cm³/mol. The first-order valence-corrected chi connectivity index (χ1v) is 5.59. The van der Waals surface area contributed by atoms with Crippen LogP contribution < -0.4 is 5.32 Å². The quantitative estimate of drug-likeness (QED) is 0.869. The van der Waals surface area contributed by atoms with Crippen molar-refractivity contribution < 1.29 is 19.2 Å². The second kappa shape index (κ2) is 5.34. The summed E-state index contributed by atoms with van der Waals surface area (Å²) in [5.74, 6) is -1.32. The monoisotopic (exact) mass is 260 g/mol. The fourth-order valence-electron chi connectivity index (χ4n) is 1.66. The number of carboxylic acids is 1. The molecular weight excluding hydrogens is 248 g/mol. The summed E-state index contributed by atoms with van der Waals surface area (Å²) in [6.07, 6.45) is 1.26. The van der Waals surface area contributed by atoms with Gasteiger partial charge in [-0.05, 0) is 12.5 Å². The molecule has 1 amide bonds. The Morgan fingerprint density at radius 2 is 2.00 bits per heavy atom. The van der Waals surface area contributed by atoms with Crippen LogP contribution in [0.2, 0.25) is 0 Å².